The fourth-order valence-electron chi connectivity index (χ4n) is 1.70. The molecule has 4 heteroatoms. The van der Waals surface area contributed by atoms with Crippen LogP contribution in [0, 0.1) is 6.92 Å². The highest BCUT2D eigenvalue weighted by molar-refractivity contribution is 6.35. The molecular formula is C15H13Cl2NO. The van der Waals surface area contributed by atoms with E-state index < -0.39 is 5.38 Å². The minimum atomic E-state index is -0.738. The predicted molar refractivity (Wildman–Crippen MR) is 79.9 cm³/mol. The molecule has 0 heterocycles. The fourth-order valence-corrected chi connectivity index (χ4v) is 2.07. The van der Waals surface area contributed by atoms with E-state index in [1.54, 1.807) is 6.07 Å². The first kappa shape index (κ1) is 13.9. The molecule has 0 bridgehead atoms. The van der Waals surface area contributed by atoms with Gasteiger partial charge in [-0.1, -0.05) is 48.0 Å². The van der Waals surface area contributed by atoms with Crippen LogP contribution in [0.4, 0.5) is 5.69 Å². The Bertz CT molecular complexity index is 584. The van der Waals surface area contributed by atoms with Crippen LogP contribution >= 0.6 is 23.2 Å². The molecule has 0 aliphatic heterocycles. The van der Waals surface area contributed by atoms with Gasteiger partial charge in [0.25, 0.3) is 0 Å². The average Bonchev–Trinajstić information content (AvgIpc) is 2.43. The number of hydrogen-bond donors (Lipinski definition) is 1. The van der Waals surface area contributed by atoms with E-state index in [-0.39, 0.29) is 5.91 Å². The summed E-state index contributed by atoms with van der Waals surface area (Å²) in [6.45, 7) is 1.93. The molecule has 1 unspecified atom stereocenters. The van der Waals surface area contributed by atoms with Crippen molar-refractivity contribution in [1.29, 1.82) is 0 Å². The van der Waals surface area contributed by atoms with Crippen molar-refractivity contribution < 1.29 is 4.79 Å². The molecule has 0 saturated heterocycles. The van der Waals surface area contributed by atoms with E-state index in [9.17, 15) is 4.79 Å². The quantitative estimate of drug-likeness (QED) is 0.826. The summed E-state index contributed by atoms with van der Waals surface area (Å²) >= 11 is 12.2. The molecule has 2 aromatic rings. The third kappa shape index (κ3) is 3.49. The van der Waals surface area contributed by atoms with Gasteiger partial charge in [0.2, 0.25) is 5.91 Å². The van der Waals surface area contributed by atoms with Gasteiger partial charge in [-0.05, 0) is 30.2 Å². The van der Waals surface area contributed by atoms with Crippen LogP contribution in [-0.2, 0) is 4.79 Å². The van der Waals surface area contributed by atoms with Crippen molar-refractivity contribution in [3.8, 4) is 0 Å². The first-order chi connectivity index (χ1) is 9.08. The maximum absolute atomic E-state index is 12.1. The molecule has 1 N–H and O–H groups in total. The first-order valence-electron chi connectivity index (χ1n) is 5.84. The molecule has 98 valence electrons. The number of halogens is 2. The van der Waals surface area contributed by atoms with E-state index in [0.717, 1.165) is 11.1 Å². The van der Waals surface area contributed by atoms with Gasteiger partial charge >= 0.3 is 0 Å². The second-order valence-corrected chi connectivity index (χ2v) is 5.09. The van der Waals surface area contributed by atoms with Gasteiger partial charge in [-0.25, -0.2) is 0 Å². The van der Waals surface area contributed by atoms with Gasteiger partial charge < -0.3 is 5.32 Å². The van der Waals surface area contributed by atoms with Gasteiger partial charge in [0.15, 0.2) is 0 Å². The normalized spacial score (nSPS) is 11.9. The topological polar surface area (TPSA) is 29.1 Å². The number of carbonyl (C=O) groups excluding carboxylic acids is 1. The third-order valence-electron chi connectivity index (χ3n) is 2.70. The van der Waals surface area contributed by atoms with E-state index in [1.807, 2.05) is 49.4 Å². The number of hydrogen-bond acceptors (Lipinski definition) is 1. The van der Waals surface area contributed by atoms with Gasteiger partial charge in [0, 0.05) is 0 Å². The van der Waals surface area contributed by atoms with Crippen molar-refractivity contribution in [3.05, 3.63) is 64.7 Å². The van der Waals surface area contributed by atoms with Crippen LogP contribution in [0.3, 0.4) is 0 Å². The summed E-state index contributed by atoms with van der Waals surface area (Å²) in [4.78, 5) is 12.1. The molecule has 2 nitrogen and oxygen atoms in total. The smallest absolute Gasteiger partial charge is 0.247 e. The second kappa shape index (κ2) is 6.09. The number of aryl methyl sites for hydroxylation is 1. The summed E-state index contributed by atoms with van der Waals surface area (Å²) in [6, 6.07) is 14.6. The Balaban J connectivity index is 2.15. The Morgan fingerprint density at radius 3 is 2.53 bits per heavy atom. The van der Waals surface area contributed by atoms with Gasteiger partial charge in [-0.2, -0.15) is 0 Å². The average molecular weight is 294 g/mol. The molecule has 2 aromatic carbocycles. The summed E-state index contributed by atoms with van der Waals surface area (Å²) < 4.78 is 0. The Morgan fingerprint density at radius 1 is 1.16 bits per heavy atom. The van der Waals surface area contributed by atoms with Crippen molar-refractivity contribution >= 4 is 34.8 Å². The predicted octanol–water partition coefficient (Wildman–Crippen LogP) is 4.57. The monoisotopic (exact) mass is 293 g/mol. The molecule has 0 fully saturated rings. The standard InChI is InChI=1S/C15H13Cl2NO/c1-10-7-8-12(16)13(9-10)18-15(19)14(17)11-5-3-2-4-6-11/h2-9,14H,1H3,(H,18,19). The van der Waals surface area contributed by atoms with Crippen LogP contribution < -0.4 is 5.32 Å². The molecule has 2 rings (SSSR count). The van der Waals surface area contributed by atoms with Crippen molar-refractivity contribution in [2.45, 2.75) is 12.3 Å². The lowest BCUT2D eigenvalue weighted by Crippen LogP contribution is -2.17. The number of carbonyl (C=O) groups is 1. The molecule has 0 saturated carbocycles. The van der Waals surface area contributed by atoms with Crippen molar-refractivity contribution in [1.82, 2.24) is 0 Å². The Kier molecular flexibility index (Phi) is 4.46. The number of nitrogens with one attached hydrogen (secondary N) is 1. The zero-order chi connectivity index (χ0) is 13.8. The maximum atomic E-state index is 12.1. The third-order valence-corrected chi connectivity index (χ3v) is 3.48. The van der Waals surface area contributed by atoms with Crippen LogP contribution in [0.5, 0.6) is 0 Å². The first-order valence-corrected chi connectivity index (χ1v) is 6.65. The number of benzene rings is 2. The van der Waals surface area contributed by atoms with E-state index in [1.165, 1.54) is 0 Å². The minimum absolute atomic E-state index is 0.291. The van der Waals surface area contributed by atoms with Crippen LogP contribution in [0.2, 0.25) is 5.02 Å². The van der Waals surface area contributed by atoms with Crippen LogP contribution in [0.15, 0.2) is 48.5 Å². The van der Waals surface area contributed by atoms with Crippen molar-refractivity contribution in [2.24, 2.45) is 0 Å². The van der Waals surface area contributed by atoms with Gasteiger partial charge in [-0.3, -0.25) is 4.79 Å². The largest absolute Gasteiger partial charge is 0.323 e. The van der Waals surface area contributed by atoms with Gasteiger partial charge in [0.05, 0.1) is 10.7 Å². The van der Waals surface area contributed by atoms with E-state index in [0.29, 0.717) is 10.7 Å². The summed E-state index contributed by atoms with van der Waals surface area (Å²) in [7, 11) is 0. The second-order valence-electron chi connectivity index (χ2n) is 4.25. The number of amides is 1. The van der Waals surface area contributed by atoms with Crippen molar-refractivity contribution in [3.63, 3.8) is 0 Å². The molecule has 0 aliphatic carbocycles. The van der Waals surface area contributed by atoms with E-state index in [2.05, 4.69) is 5.32 Å². The molecule has 0 aliphatic rings. The zero-order valence-corrected chi connectivity index (χ0v) is 11.9. The highest BCUT2D eigenvalue weighted by atomic mass is 35.5. The highest BCUT2D eigenvalue weighted by Gasteiger charge is 2.18. The summed E-state index contributed by atoms with van der Waals surface area (Å²) in [5, 5.41) is 2.50. The maximum Gasteiger partial charge on any atom is 0.247 e. The SMILES string of the molecule is Cc1ccc(Cl)c(NC(=O)C(Cl)c2ccccc2)c1. The summed E-state index contributed by atoms with van der Waals surface area (Å²) in [5.41, 5.74) is 2.35. The lowest BCUT2D eigenvalue weighted by atomic mass is 10.1. The molecular weight excluding hydrogens is 281 g/mol. The summed E-state index contributed by atoms with van der Waals surface area (Å²) in [6.07, 6.45) is 0. The Labute approximate surface area is 122 Å². The van der Waals surface area contributed by atoms with Gasteiger partial charge in [0.1, 0.15) is 5.38 Å². The van der Waals surface area contributed by atoms with E-state index in [4.69, 9.17) is 23.2 Å². The molecule has 0 radical (unpaired) electrons. The minimum Gasteiger partial charge on any atom is -0.323 e. The Morgan fingerprint density at radius 2 is 1.84 bits per heavy atom. The van der Waals surface area contributed by atoms with Crippen LogP contribution in [-0.4, -0.2) is 5.91 Å². The number of rotatable bonds is 3. The fraction of sp³-hybridized carbons (Fsp3) is 0.133. The Hall–Kier alpha value is -1.51. The van der Waals surface area contributed by atoms with E-state index >= 15 is 0 Å². The molecule has 0 aromatic heterocycles. The lowest BCUT2D eigenvalue weighted by molar-refractivity contribution is -0.116. The van der Waals surface area contributed by atoms with Crippen molar-refractivity contribution in [2.75, 3.05) is 5.32 Å². The van der Waals surface area contributed by atoms with Crippen LogP contribution in [0.25, 0.3) is 0 Å². The summed E-state index contributed by atoms with van der Waals surface area (Å²) in [5.74, 6) is -0.291. The molecule has 19 heavy (non-hydrogen) atoms. The number of alkyl halides is 1. The van der Waals surface area contributed by atoms with Gasteiger partial charge in [-0.15, -0.1) is 11.6 Å². The zero-order valence-electron chi connectivity index (χ0n) is 10.4. The molecule has 1 atom stereocenters. The van der Waals surface area contributed by atoms with Crippen LogP contribution in [0.1, 0.15) is 16.5 Å². The lowest BCUT2D eigenvalue weighted by Gasteiger charge is -2.12. The number of anilines is 1. The molecule has 1 amide bonds. The molecule has 0 spiro atoms. The highest BCUT2D eigenvalue weighted by Crippen LogP contribution is 2.26.